The Balaban J connectivity index is 2.50. The molecule has 1 aliphatic carbocycles. The van der Waals surface area contributed by atoms with Crippen molar-refractivity contribution >= 4 is 5.91 Å². The summed E-state index contributed by atoms with van der Waals surface area (Å²) in [5.41, 5.74) is 5.64. The first-order valence-corrected chi connectivity index (χ1v) is 6.93. The fourth-order valence-corrected chi connectivity index (χ4v) is 2.93. The maximum absolute atomic E-state index is 12.2. The molecule has 1 saturated carbocycles. The van der Waals surface area contributed by atoms with E-state index in [-0.39, 0.29) is 11.9 Å². The van der Waals surface area contributed by atoms with Crippen LogP contribution in [0.2, 0.25) is 0 Å². The van der Waals surface area contributed by atoms with Crippen molar-refractivity contribution in [3.8, 4) is 0 Å². The number of carbonyl (C=O) groups excluding carboxylic acids is 1. The maximum Gasteiger partial charge on any atom is 0.240 e. The summed E-state index contributed by atoms with van der Waals surface area (Å²) in [6.45, 7) is 8.59. The molecular weight excluding hydrogens is 212 g/mol. The van der Waals surface area contributed by atoms with E-state index in [0.717, 1.165) is 25.7 Å². The molecule has 0 saturated heterocycles. The Bertz CT molecular complexity index is 265. The lowest BCUT2D eigenvalue weighted by atomic mass is 9.76. The van der Waals surface area contributed by atoms with E-state index in [2.05, 4.69) is 33.0 Å². The van der Waals surface area contributed by atoms with Crippen LogP contribution >= 0.6 is 0 Å². The van der Waals surface area contributed by atoms with Gasteiger partial charge < -0.3 is 11.1 Å². The largest absolute Gasteiger partial charge is 0.352 e. The summed E-state index contributed by atoms with van der Waals surface area (Å²) >= 11 is 0. The molecule has 0 bridgehead atoms. The molecule has 0 aromatic heterocycles. The van der Waals surface area contributed by atoms with Crippen molar-refractivity contribution in [3.05, 3.63) is 0 Å². The van der Waals surface area contributed by atoms with Crippen LogP contribution in [0.3, 0.4) is 0 Å². The van der Waals surface area contributed by atoms with Gasteiger partial charge in [0.15, 0.2) is 0 Å². The molecule has 1 rings (SSSR count). The first kappa shape index (κ1) is 14.5. The Morgan fingerprint density at radius 2 is 2.12 bits per heavy atom. The van der Waals surface area contributed by atoms with E-state index in [4.69, 9.17) is 5.73 Å². The predicted octanol–water partition coefficient (Wildman–Crippen LogP) is 2.44. The third kappa shape index (κ3) is 4.30. The Hall–Kier alpha value is -0.570. The number of nitrogens with two attached hydrogens (primary N) is 1. The zero-order valence-electron chi connectivity index (χ0n) is 11.8. The van der Waals surface area contributed by atoms with Crippen LogP contribution in [0.5, 0.6) is 0 Å². The summed E-state index contributed by atoms with van der Waals surface area (Å²) < 4.78 is 0. The zero-order chi connectivity index (χ0) is 13.1. The number of nitrogens with one attached hydrogen (secondary N) is 1. The molecule has 0 radical (unpaired) electrons. The van der Waals surface area contributed by atoms with Gasteiger partial charge in [0.05, 0.1) is 5.54 Å². The molecule has 1 amide bonds. The van der Waals surface area contributed by atoms with Crippen molar-refractivity contribution < 1.29 is 4.79 Å². The van der Waals surface area contributed by atoms with Crippen molar-refractivity contribution in [1.29, 1.82) is 0 Å². The first-order valence-electron chi connectivity index (χ1n) is 6.93. The third-order valence-corrected chi connectivity index (χ3v) is 3.69. The van der Waals surface area contributed by atoms with Crippen LogP contribution in [0, 0.1) is 11.8 Å². The Kier molecular flexibility index (Phi) is 4.99. The summed E-state index contributed by atoms with van der Waals surface area (Å²) in [5, 5.41) is 3.08. The van der Waals surface area contributed by atoms with E-state index in [9.17, 15) is 4.79 Å². The van der Waals surface area contributed by atoms with Crippen LogP contribution in [-0.2, 0) is 4.79 Å². The monoisotopic (exact) mass is 240 g/mol. The summed E-state index contributed by atoms with van der Waals surface area (Å²) in [6.07, 6.45) is 4.94. The zero-order valence-corrected chi connectivity index (χ0v) is 11.8. The number of carbonyl (C=O) groups is 1. The number of hydrogen-bond acceptors (Lipinski definition) is 2. The molecule has 3 N–H and O–H groups in total. The second kappa shape index (κ2) is 5.85. The minimum absolute atomic E-state index is 0.0530. The van der Waals surface area contributed by atoms with Crippen LogP contribution in [0.4, 0.5) is 0 Å². The van der Waals surface area contributed by atoms with Gasteiger partial charge in [0.1, 0.15) is 0 Å². The van der Waals surface area contributed by atoms with E-state index in [1.54, 1.807) is 0 Å². The Labute approximate surface area is 106 Å². The van der Waals surface area contributed by atoms with Gasteiger partial charge in [-0.15, -0.1) is 0 Å². The van der Waals surface area contributed by atoms with E-state index in [1.165, 1.54) is 6.42 Å². The standard InChI is InChI=1S/C14H28N2O/c1-10(2)8-12(4)16-13(17)14(15)7-5-6-11(3)9-14/h10-12H,5-9,15H2,1-4H3,(H,16,17). The highest BCUT2D eigenvalue weighted by Crippen LogP contribution is 2.30. The molecule has 0 spiro atoms. The van der Waals surface area contributed by atoms with E-state index >= 15 is 0 Å². The molecule has 1 aliphatic rings. The minimum atomic E-state index is -0.622. The predicted molar refractivity (Wildman–Crippen MR) is 71.6 cm³/mol. The van der Waals surface area contributed by atoms with E-state index < -0.39 is 5.54 Å². The van der Waals surface area contributed by atoms with Crippen molar-refractivity contribution in [3.63, 3.8) is 0 Å². The fourth-order valence-electron chi connectivity index (χ4n) is 2.93. The lowest BCUT2D eigenvalue weighted by Crippen LogP contribution is -2.57. The molecule has 0 aromatic carbocycles. The fraction of sp³-hybridized carbons (Fsp3) is 0.929. The quantitative estimate of drug-likeness (QED) is 0.793. The third-order valence-electron chi connectivity index (χ3n) is 3.69. The number of amides is 1. The van der Waals surface area contributed by atoms with Crippen molar-refractivity contribution in [2.75, 3.05) is 0 Å². The molecule has 100 valence electrons. The van der Waals surface area contributed by atoms with Crippen LogP contribution in [0.15, 0.2) is 0 Å². The first-order chi connectivity index (χ1) is 7.83. The molecule has 0 aliphatic heterocycles. The lowest BCUT2D eigenvalue weighted by molar-refractivity contribution is -0.128. The van der Waals surface area contributed by atoms with Gasteiger partial charge in [0.2, 0.25) is 5.91 Å². The highest BCUT2D eigenvalue weighted by molar-refractivity contribution is 5.86. The molecule has 3 nitrogen and oxygen atoms in total. The molecule has 3 heteroatoms. The smallest absolute Gasteiger partial charge is 0.240 e. The van der Waals surface area contributed by atoms with Crippen LogP contribution in [0.1, 0.15) is 59.8 Å². The average Bonchev–Trinajstić information content (AvgIpc) is 2.15. The van der Waals surface area contributed by atoms with Crippen LogP contribution in [-0.4, -0.2) is 17.5 Å². The SMILES string of the molecule is CC(C)CC(C)NC(=O)C1(N)CCCC(C)C1. The molecule has 0 heterocycles. The topological polar surface area (TPSA) is 55.1 Å². The summed E-state index contributed by atoms with van der Waals surface area (Å²) in [6, 6.07) is 0.222. The Morgan fingerprint density at radius 3 is 2.65 bits per heavy atom. The van der Waals surface area contributed by atoms with Gasteiger partial charge in [-0.3, -0.25) is 4.79 Å². The lowest BCUT2D eigenvalue weighted by Gasteiger charge is -2.36. The van der Waals surface area contributed by atoms with Gasteiger partial charge in [0.25, 0.3) is 0 Å². The van der Waals surface area contributed by atoms with Crippen LogP contribution < -0.4 is 11.1 Å². The van der Waals surface area contributed by atoms with Gasteiger partial charge in [-0.25, -0.2) is 0 Å². The number of rotatable bonds is 4. The highest BCUT2D eigenvalue weighted by Gasteiger charge is 2.38. The van der Waals surface area contributed by atoms with Gasteiger partial charge in [-0.05, 0) is 38.0 Å². The van der Waals surface area contributed by atoms with Crippen molar-refractivity contribution in [1.82, 2.24) is 5.32 Å². The van der Waals surface area contributed by atoms with Gasteiger partial charge in [0, 0.05) is 6.04 Å². The highest BCUT2D eigenvalue weighted by atomic mass is 16.2. The van der Waals surface area contributed by atoms with Crippen molar-refractivity contribution in [2.24, 2.45) is 17.6 Å². The average molecular weight is 240 g/mol. The second-order valence-electron chi connectivity index (χ2n) is 6.36. The molecule has 3 atom stereocenters. The second-order valence-corrected chi connectivity index (χ2v) is 6.36. The van der Waals surface area contributed by atoms with E-state index in [0.29, 0.717) is 11.8 Å². The van der Waals surface area contributed by atoms with Gasteiger partial charge in [-0.2, -0.15) is 0 Å². The van der Waals surface area contributed by atoms with Crippen LogP contribution in [0.25, 0.3) is 0 Å². The Morgan fingerprint density at radius 1 is 1.47 bits per heavy atom. The summed E-state index contributed by atoms with van der Waals surface area (Å²) in [4.78, 5) is 12.2. The summed E-state index contributed by atoms with van der Waals surface area (Å²) in [7, 11) is 0. The maximum atomic E-state index is 12.2. The molecular formula is C14H28N2O. The summed E-state index contributed by atoms with van der Waals surface area (Å²) in [5.74, 6) is 1.22. The molecule has 3 unspecified atom stereocenters. The molecule has 17 heavy (non-hydrogen) atoms. The van der Waals surface area contributed by atoms with Crippen molar-refractivity contribution in [2.45, 2.75) is 71.4 Å². The molecule has 0 aromatic rings. The normalized spacial score (nSPS) is 31.3. The van der Waals surface area contributed by atoms with Gasteiger partial charge >= 0.3 is 0 Å². The van der Waals surface area contributed by atoms with E-state index in [1.807, 2.05) is 0 Å². The van der Waals surface area contributed by atoms with Gasteiger partial charge in [-0.1, -0.05) is 33.6 Å². The number of hydrogen-bond donors (Lipinski definition) is 2. The minimum Gasteiger partial charge on any atom is -0.352 e. The molecule has 1 fully saturated rings.